The molecule has 1 aliphatic carbocycles. The third-order valence-corrected chi connectivity index (χ3v) is 3.84. The summed E-state index contributed by atoms with van der Waals surface area (Å²) in [6.45, 7) is 1.90. The average molecular weight is 259 g/mol. The van der Waals surface area contributed by atoms with Crippen LogP contribution in [0.5, 0.6) is 0 Å². The molecule has 6 heteroatoms. The Labute approximate surface area is 111 Å². The third-order valence-electron chi connectivity index (χ3n) is 3.84. The van der Waals surface area contributed by atoms with E-state index in [2.05, 4.69) is 20.6 Å². The van der Waals surface area contributed by atoms with E-state index < -0.39 is 0 Å². The fourth-order valence-corrected chi connectivity index (χ4v) is 2.52. The Bertz CT molecular complexity index is 612. The predicted molar refractivity (Wildman–Crippen MR) is 69.8 cm³/mol. The Balaban J connectivity index is 1.70. The second kappa shape index (κ2) is 4.53. The molecule has 0 spiro atoms. The molecule has 1 unspecified atom stereocenters. The molecule has 0 fully saturated rings. The molecule has 2 heterocycles. The van der Waals surface area contributed by atoms with Crippen LogP contribution >= 0.6 is 0 Å². The highest BCUT2D eigenvalue weighted by atomic mass is 16.1. The minimum atomic E-state index is -0.0430. The first kappa shape index (κ1) is 12.0. The summed E-state index contributed by atoms with van der Waals surface area (Å²) in [5.41, 5.74) is 3.94. The van der Waals surface area contributed by atoms with Crippen molar-refractivity contribution < 1.29 is 4.79 Å². The quantitative estimate of drug-likeness (QED) is 0.835. The Morgan fingerprint density at radius 3 is 3.11 bits per heavy atom. The first-order valence-electron chi connectivity index (χ1n) is 6.45. The number of aromatic amines is 1. The molecule has 3 rings (SSSR count). The molecule has 0 aliphatic heterocycles. The fourth-order valence-electron chi connectivity index (χ4n) is 2.52. The topological polar surface area (TPSA) is 75.6 Å². The summed E-state index contributed by atoms with van der Waals surface area (Å²) in [5.74, 6) is -0.0430. The van der Waals surface area contributed by atoms with Crippen LogP contribution in [0.25, 0.3) is 0 Å². The minimum absolute atomic E-state index is 0.0430. The molecule has 19 heavy (non-hydrogen) atoms. The second-order valence-electron chi connectivity index (χ2n) is 5.05. The van der Waals surface area contributed by atoms with Gasteiger partial charge < -0.3 is 5.32 Å². The van der Waals surface area contributed by atoms with Crippen LogP contribution in [0.15, 0.2) is 12.4 Å². The van der Waals surface area contributed by atoms with Gasteiger partial charge in [-0.2, -0.15) is 10.2 Å². The highest BCUT2D eigenvalue weighted by molar-refractivity contribution is 5.95. The number of aryl methyl sites for hydroxylation is 2. The van der Waals surface area contributed by atoms with Crippen LogP contribution in [0.4, 0.5) is 0 Å². The number of carbonyl (C=O) groups is 1. The van der Waals surface area contributed by atoms with E-state index in [4.69, 9.17) is 0 Å². The van der Waals surface area contributed by atoms with Gasteiger partial charge >= 0.3 is 0 Å². The smallest absolute Gasteiger partial charge is 0.254 e. The lowest BCUT2D eigenvalue weighted by atomic mass is 9.93. The zero-order valence-electron chi connectivity index (χ0n) is 11.1. The number of nitrogens with one attached hydrogen (secondary N) is 2. The van der Waals surface area contributed by atoms with Crippen LogP contribution in [0.3, 0.4) is 0 Å². The van der Waals surface area contributed by atoms with Crippen LogP contribution in [0, 0.1) is 6.92 Å². The molecule has 2 aromatic heterocycles. The molecular weight excluding hydrogens is 242 g/mol. The molecule has 100 valence electrons. The molecule has 1 atom stereocenters. The fraction of sp³-hybridized carbons (Fsp3) is 0.462. The number of hydrogen-bond donors (Lipinski definition) is 2. The van der Waals surface area contributed by atoms with Crippen molar-refractivity contribution in [1.29, 1.82) is 0 Å². The van der Waals surface area contributed by atoms with Crippen molar-refractivity contribution in [3.05, 3.63) is 34.9 Å². The van der Waals surface area contributed by atoms with Gasteiger partial charge in [0.15, 0.2) is 0 Å². The van der Waals surface area contributed by atoms with Gasteiger partial charge in [-0.3, -0.25) is 14.6 Å². The molecule has 2 N–H and O–H groups in total. The van der Waals surface area contributed by atoms with Crippen molar-refractivity contribution in [2.45, 2.75) is 32.2 Å². The first-order valence-corrected chi connectivity index (χ1v) is 6.45. The first-order chi connectivity index (χ1) is 9.15. The van der Waals surface area contributed by atoms with Crippen LogP contribution < -0.4 is 5.32 Å². The van der Waals surface area contributed by atoms with Crippen molar-refractivity contribution in [3.63, 3.8) is 0 Å². The number of aromatic nitrogens is 4. The Morgan fingerprint density at radius 1 is 1.53 bits per heavy atom. The standard InChI is InChI=1S/C13H17N5O/c1-8-11(7-15-18(8)2)13(19)16-10-4-3-9-6-14-17-12(9)5-10/h6-7,10H,3-5H2,1-2H3,(H,14,17)(H,16,19). The maximum Gasteiger partial charge on any atom is 0.254 e. The number of rotatable bonds is 2. The zero-order valence-corrected chi connectivity index (χ0v) is 11.1. The van der Waals surface area contributed by atoms with E-state index >= 15 is 0 Å². The van der Waals surface area contributed by atoms with Crippen molar-refractivity contribution in [1.82, 2.24) is 25.3 Å². The van der Waals surface area contributed by atoms with Gasteiger partial charge in [-0.15, -0.1) is 0 Å². The van der Waals surface area contributed by atoms with Gasteiger partial charge in [0.25, 0.3) is 5.91 Å². The summed E-state index contributed by atoms with van der Waals surface area (Å²) < 4.78 is 1.71. The maximum atomic E-state index is 12.2. The summed E-state index contributed by atoms with van der Waals surface area (Å²) in [6, 6.07) is 0.167. The van der Waals surface area contributed by atoms with Crippen LogP contribution in [-0.2, 0) is 19.9 Å². The van der Waals surface area contributed by atoms with Gasteiger partial charge in [0, 0.05) is 30.9 Å². The normalized spacial score (nSPS) is 18.1. The highest BCUT2D eigenvalue weighted by Gasteiger charge is 2.23. The number of H-pyrrole nitrogens is 1. The van der Waals surface area contributed by atoms with Crippen molar-refractivity contribution >= 4 is 5.91 Å². The van der Waals surface area contributed by atoms with Gasteiger partial charge in [0.05, 0.1) is 18.0 Å². The van der Waals surface area contributed by atoms with Crippen LogP contribution in [0.1, 0.15) is 33.7 Å². The molecular formula is C13H17N5O. The average Bonchev–Trinajstić information content (AvgIpc) is 2.97. The lowest BCUT2D eigenvalue weighted by Gasteiger charge is -2.22. The van der Waals surface area contributed by atoms with Gasteiger partial charge in [0.1, 0.15) is 0 Å². The van der Waals surface area contributed by atoms with Gasteiger partial charge in [-0.1, -0.05) is 0 Å². The van der Waals surface area contributed by atoms with Gasteiger partial charge in [0.2, 0.25) is 0 Å². The van der Waals surface area contributed by atoms with E-state index in [1.807, 2.05) is 20.2 Å². The Kier molecular flexibility index (Phi) is 2.85. The highest BCUT2D eigenvalue weighted by Crippen LogP contribution is 2.19. The number of amides is 1. The van der Waals surface area contributed by atoms with Gasteiger partial charge in [-0.05, 0) is 25.3 Å². The van der Waals surface area contributed by atoms with E-state index in [1.165, 1.54) is 5.56 Å². The molecule has 0 saturated carbocycles. The molecule has 2 aromatic rings. The zero-order chi connectivity index (χ0) is 13.4. The minimum Gasteiger partial charge on any atom is -0.349 e. The van der Waals surface area contributed by atoms with E-state index in [0.29, 0.717) is 5.56 Å². The number of nitrogens with zero attached hydrogens (tertiary/aromatic N) is 3. The summed E-state index contributed by atoms with van der Waals surface area (Å²) in [4.78, 5) is 12.2. The molecule has 0 bridgehead atoms. The summed E-state index contributed by atoms with van der Waals surface area (Å²) >= 11 is 0. The lowest BCUT2D eigenvalue weighted by molar-refractivity contribution is 0.0932. The van der Waals surface area contributed by atoms with Crippen molar-refractivity contribution in [2.75, 3.05) is 0 Å². The summed E-state index contributed by atoms with van der Waals surface area (Å²) in [7, 11) is 1.84. The van der Waals surface area contributed by atoms with Gasteiger partial charge in [-0.25, -0.2) is 0 Å². The monoisotopic (exact) mass is 259 g/mol. The summed E-state index contributed by atoms with van der Waals surface area (Å²) in [6.07, 6.45) is 6.23. The predicted octanol–water partition coefficient (Wildman–Crippen LogP) is 0.739. The number of fused-ring (bicyclic) bond motifs is 1. The van der Waals surface area contributed by atoms with Crippen molar-refractivity contribution in [2.24, 2.45) is 7.05 Å². The number of hydrogen-bond acceptors (Lipinski definition) is 3. The summed E-state index contributed by atoms with van der Waals surface area (Å²) in [5, 5.41) is 14.2. The van der Waals surface area contributed by atoms with Crippen molar-refractivity contribution in [3.8, 4) is 0 Å². The molecule has 0 radical (unpaired) electrons. The Hall–Kier alpha value is -2.11. The number of carbonyl (C=O) groups excluding carboxylic acids is 1. The third kappa shape index (κ3) is 2.14. The molecule has 0 aromatic carbocycles. The lowest BCUT2D eigenvalue weighted by Crippen LogP contribution is -2.39. The molecule has 6 nitrogen and oxygen atoms in total. The van der Waals surface area contributed by atoms with E-state index in [-0.39, 0.29) is 11.9 Å². The SMILES string of the molecule is Cc1c(C(=O)NC2CCc3cn[nH]c3C2)cnn1C. The van der Waals surface area contributed by atoms with E-state index in [9.17, 15) is 4.79 Å². The van der Waals surface area contributed by atoms with E-state index in [0.717, 1.165) is 30.7 Å². The maximum absolute atomic E-state index is 12.2. The largest absolute Gasteiger partial charge is 0.349 e. The molecule has 1 amide bonds. The molecule has 0 saturated heterocycles. The van der Waals surface area contributed by atoms with Crippen LogP contribution in [0.2, 0.25) is 0 Å². The van der Waals surface area contributed by atoms with E-state index in [1.54, 1.807) is 10.9 Å². The Morgan fingerprint density at radius 2 is 2.37 bits per heavy atom. The van der Waals surface area contributed by atoms with Crippen LogP contribution in [-0.4, -0.2) is 31.9 Å². The second-order valence-corrected chi connectivity index (χ2v) is 5.05. The molecule has 1 aliphatic rings.